The van der Waals surface area contributed by atoms with Crippen molar-refractivity contribution in [2.75, 3.05) is 22.1 Å². The number of hydrogen-bond acceptors (Lipinski definition) is 5. The van der Waals surface area contributed by atoms with Crippen molar-refractivity contribution < 1.29 is 4.79 Å². The molecule has 2 aliphatic heterocycles. The van der Waals surface area contributed by atoms with Crippen LogP contribution in [0.2, 0.25) is 0 Å². The molecule has 2 aromatic rings. The van der Waals surface area contributed by atoms with Gasteiger partial charge in [-0.3, -0.25) is 4.79 Å². The largest absolute Gasteiger partial charge is 0.360 e. The molecular weight excluding hydrogens is 290 g/mol. The second-order valence-corrected chi connectivity index (χ2v) is 6.80. The molecule has 0 radical (unpaired) electrons. The van der Waals surface area contributed by atoms with Crippen LogP contribution >= 0.6 is 0 Å². The van der Waals surface area contributed by atoms with Crippen molar-refractivity contribution in [3.63, 3.8) is 0 Å². The molecule has 2 N–H and O–H groups in total. The van der Waals surface area contributed by atoms with Gasteiger partial charge in [0.15, 0.2) is 0 Å². The number of amides is 1. The number of hydrogen-bond donors (Lipinski definition) is 2. The fourth-order valence-electron chi connectivity index (χ4n) is 3.42. The molecule has 0 saturated carbocycles. The van der Waals surface area contributed by atoms with Crippen molar-refractivity contribution in [1.29, 1.82) is 0 Å². The van der Waals surface area contributed by atoms with Gasteiger partial charge in [0.25, 0.3) is 0 Å². The Hall–Kier alpha value is -2.63. The van der Waals surface area contributed by atoms with E-state index in [0.29, 0.717) is 0 Å². The summed E-state index contributed by atoms with van der Waals surface area (Å²) in [5.74, 6) is 0.0811. The molecule has 2 aliphatic rings. The topological polar surface area (TPSA) is 70.2 Å². The van der Waals surface area contributed by atoms with Gasteiger partial charge in [0.05, 0.1) is 17.6 Å². The molecule has 1 amide bonds. The third-order valence-corrected chi connectivity index (χ3v) is 4.63. The fraction of sp³-hybridized carbons (Fsp3) is 0.353. The molecule has 3 heterocycles. The van der Waals surface area contributed by atoms with Gasteiger partial charge in [-0.25, -0.2) is 0 Å². The van der Waals surface area contributed by atoms with E-state index >= 15 is 0 Å². The number of nitrogens with zero attached hydrogens (tertiary/aromatic N) is 3. The quantitative estimate of drug-likeness (QED) is 0.847. The van der Waals surface area contributed by atoms with Crippen LogP contribution in [0.4, 0.5) is 17.1 Å². The van der Waals surface area contributed by atoms with Crippen molar-refractivity contribution in [3.8, 4) is 0 Å². The number of benzene rings is 1. The van der Waals surface area contributed by atoms with Crippen molar-refractivity contribution in [2.24, 2.45) is 0 Å². The molecule has 1 aromatic heterocycles. The number of fused-ring (bicyclic) bond motifs is 2. The van der Waals surface area contributed by atoms with Crippen LogP contribution in [0, 0.1) is 0 Å². The number of aromatic nitrogens is 2. The van der Waals surface area contributed by atoms with E-state index in [2.05, 4.69) is 46.8 Å². The van der Waals surface area contributed by atoms with Gasteiger partial charge in [0.1, 0.15) is 6.17 Å². The summed E-state index contributed by atoms with van der Waals surface area (Å²) >= 11 is 0. The molecule has 0 spiro atoms. The van der Waals surface area contributed by atoms with E-state index in [4.69, 9.17) is 0 Å². The number of nitrogens with one attached hydrogen (secondary N) is 2. The smallest absolute Gasteiger partial charge is 0.223 e. The third-order valence-electron chi connectivity index (χ3n) is 4.63. The van der Waals surface area contributed by atoms with Crippen LogP contribution in [-0.2, 0) is 10.2 Å². The zero-order chi connectivity index (χ0) is 16.2. The fourth-order valence-corrected chi connectivity index (χ4v) is 3.42. The van der Waals surface area contributed by atoms with Crippen LogP contribution in [0.1, 0.15) is 38.1 Å². The molecule has 6 heteroatoms. The second-order valence-electron chi connectivity index (χ2n) is 6.80. The SMILES string of the molecule is CC(=O)N1CC(C)(C)c2cc3c(cc21)NC(c1ccnnc1)N3. The zero-order valence-corrected chi connectivity index (χ0v) is 13.4. The molecule has 118 valence electrons. The molecule has 0 aliphatic carbocycles. The lowest BCUT2D eigenvalue weighted by Crippen LogP contribution is -2.32. The van der Waals surface area contributed by atoms with Crippen LogP contribution in [0.5, 0.6) is 0 Å². The minimum Gasteiger partial charge on any atom is -0.360 e. The van der Waals surface area contributed by atoms with Gasteiger partial charge < -0.3 is 15.5 Å². The summed E-state index contributed by atoms with van der Waals surface area (Å²) < 4.78 is 0. The van der Waals surface area contributed by atoms with E-state index in [-0.39, 0.29) is 17.5 Å². The van der Waals surface area contributed by atoms with Crippen molar-refractivity contribution in [3.05, 3.63) is 41.7 Å². The third kappa shape index (κ3) is 2.13. The van der Waals surface area contributed by atoms with Crippen LogP contribution in [0.15, 0.2) is 30.6 Å². The van der Waals surface area contributed by atoms with Crippen molar-refractivity contribution in [1.82, 2.24) is 10.2 Å². The Balaban J connectivity index is 1.74. The van der Waals surface area contributed by atoms with E-state index in [1.54, 1.807) is 19.3 Å². The normalized spacial score (nSPS) is 20.5. The maximum Gasteiger partial charge on any atom is 0.223 e. The lowest BCUT2D eigenvalue weighted by molar-refractivity contribution is -0.116. The van der Waals surface area contributed by atoms with Gasteiger partial charge in [-0.1, -0.05) is 13.8 Å². The Bertz CT molecular complexity index is 787. The average molecular weight is 309 g/mol. The summed E-state index contributed by atoms with van der Waals surface area (Å²) in [5, 5.41) is 14.7. The first-order chi connectivity index (χ1) is 11.0. The highest BCUT2D eigenvalue weighted by molar-refractivity contribution is 5.97. The summed E-state index contributed by atoms with van der Waals surface area (Å²) in [6.07, 6.45) is 3.40. The number of carbonyl (C=O) groups is 1. The summed E-state index contributed by atoms with van der Waals surface area (Å²) in [6.45, 7) is 6.69. The highest BCUT2D eigenvalue weighted by Crippen LogP contribution is 2.47. The maximum absolute atomic E-state index is 12.0. The molecule has 0 fully saturated rings. The summed E-state index contributed by atoms with van der Waals surface area (Å²) in [6, 6.07) is 6.17. The van der Waals surface area contributed by atoms with Gasteiger partial charge in [-0.05, 0) is 23.8 Å². The van der Waals surface area contributed by atoms with E-state index in [9.17, 15) is 4.79 Å². The molecule has 23 heavy (non-hydrogen) atoms. The standard InChI is InChI=1S/C17H19N5O/c1-10(23)22-9-17(2,3)12-6-13-14(7-15(12)22)21-16(20-13)11-4-5-18-19-8-11/h4-8,16,20-21H,9H2,1-3H3. The molecule has 0 bridgehead atoms. The highest BCUT2D eigenvalue weighted by atomic mass is 16.2. The number of anilines is 3. The summed E-state index contributed by atoms with van der Waals surface area (Å²) in [4.78, 5) is 13.8. The predicted octanol–water partition coefficient (Wildman–Crippen LogP) is 2.66. The van der Waals surface area contributed by atoms with E-state index in [1.807, 2.05) is 11.0 Å². The second kappa shape index (κ2) is 4.68. The molecule has 4 rings (SSSR count). The molecule has 0 saturated heterocycles. The van der Waals surface area contributed by atoms with E-state index in [1.165, 1.54) is 5.56 Å². The highest BCUT2D eigenvalue weighted by Gasteiger charge is 2.38. The average Bonchev–Trinajstić information content (AvgIpc) is 3.05. The van der Waals surface area contributed by atoms with Crippen LogP contribution < -0.4 is 15.5 Å². The number of rotatable bonds is 1. The van der Waals surface area contributed by atoms with Gasteiger partial charge in [0.2, 0.25) is 5.91 Å². The predicted molar refractivity (Wildman–Crippen MR) is 89.5 cm³/mol. The Morgan fingerprint density at radius 3 is 2.65 bits per heavy atom. The van der Waals surface area contributed by atoms with Crippen LogP contribution in [0.25, 0.3) is 0 Å². The van der Waals surface area contributed by atoms with Gasteiger partial charge in [-0.2, -0.15) is 10.2 Å². The number of carbonyl (C=O) groups excluding carboxylic acids is 1. The summed E-state index contributed by atoms with van der Waals surface area (Å²) in [7, 11) is 0. The van der Waals surface area contributed by atoms with Crippen LogP contribution in [0.3, 0.4) is 0 Å². The minimum absolute atomic E-state index is 0.0306. The Kier molecular flexibility index (Phi) is 2.85. The van der Waals surface area contributed by atoms with Gasteiger partial charge in [0, 0.05) is 36.3 Å². The van der Waals surface area contributed by atoms with E-state index < -0.39 is 0 Å². The molecule has 1 unspecified atom stereocenters. The monoisotopic (exact) mass is 309 g/mol. The molecule has 6 nitrogen and oxygen atoms in total. The molecule has 1 atom stereocenters. The van der Waals surface area contributed by atoms with Crippen molar-refractivity contribution in [2.45, 2.75) is 32.4 Å². The van der Waals surface area contributed by atoms with Gasteiger partial charge in [-0.15, -0.1) is 0 Å². The lowest BCUT2D eigenvalue weighted by Gasteiger charge is -2.19. The first kappa shape index (κ1) is 14.0. The Morgan fingerprint density at radius 2 is 2.00 bits per heavy atom. The first-order valence-corrected chi connectivity index (χ1v) is 7.72. The Morgan fingerprint density at radius 1 is 1.26 bits per heavy atom. The van der Waals surface area contributed by atoms with Crippen LogP contribution in [-0.4, -0.2) is 22.6 Å². The maximum atomic E-state index is 12.0. The Labute approximate surface area is 134 Å². The lowest BCUT2D eigenvalue weighted by atomic mass is 9.86. The molecular formula is C17H19N5O. The molecule has 1 aromatic carbocycles. The van der Waals surface area contributed by atoms with Crippen molar-refractivity contribution >= 4 is 23.0 Å². The zero-order valence-electron chi connectivity index (χ0n) is 13.4. The van der Waals surface area contributed by atoms with Gasteiger partial charge >= 0.3 is 0 Å². The minimum atomic E-state index is -0.0476. The van der Waals surface area contributed by atoms with E-state index in [0.717, 1.165) is 29.2 Å². The summed E-state index contributed by atoms with van der Waals surface area (Å²) in [5.41, 5.74) is 5.25. The first-order valence-electron chi connectivity index (χ1n) is 7.72.